The van der Waals surface area contributed by atoms with Gasteiger partial charge in [-0.05, 0) is 18.9 Å². The number of aliphatic hydroxyl groups is 1. The van der Waals surface area contributed by atoms with Gasteiger partial charge in [0.15, 0.2) is 0 Å². The Bertz CT molecular complexity index is 252. The third kappa shape index (κ3) is 3.48. The minimum absolute atomic E-state index is 0.211. The molecule has 2 heteroatoms. The molecule has 0 spiro atoms. The molecule has 0 radical (unpaired) electrons. The molecule has 2 nitrogen and oxygen atoms in total. The van der Waals surface area contributed by atoms with Gasteiger partial charge in [-0.2, -0.15) is 0 Å². The van der Waals surface area contributed by atoms with Crippen LogP contribution in [0, 0.1) is 6.92 Å². The highest BCUT2D eigenvalue weighted by Crippen LogP contribution is 2.03. The predicted molar refractivity (Wildman–Crippen MR) is 59.2 cm³/mol. The fourth-order valence-corrected chi connectivity index (χ4v) is 1.31. The van der Waals surface area contributed by atoms with Crippen molar-refractivity contribution in [1.82, 2.24) is 5.32 Å². The van der Waals surface area contributed by atoms with Crippen molar-refractivity contribution in [2.75, 3.05) is 6.61 Å². The third-order valence-electron chi connectivity index (χ3n) is 2.43. The molecule has 1 aromatic rings. The summed E-state index contributed by atoms with van der Waals surface area (Å²) in [6.45, 7) is 5.20. The molecule has 0 aliphatic carbocycles. The molecule has 0 saturated carbocycles. The second-order valence-electron chi connectivity index (χ2n) is 3.65. The summed E-state index contributed by atoms with van der Waals surface area (Å²) in [6, 6.07) is 8.67. The molecule has 0 aromatic heterocycles. The first-order chi connectivity index (χ1) is 6.76. The van der Waals surface area contributed by atoms with Crippen molar-refractivity contribution in [3.05, 3.63) is 35.4 Å². The molecule has 0 aliphatic rings. The van der Waals surface area contributed by atoms with Gasteiger partial charge >= 0.3 is 0 Å². The van der Waals surface area contributed by atoms with E-state index < -0.39 is 0 Å². The number of hydrogen-bond acceptors (Lipinski definition) is 2. The number of benzene rings is 1. The van der Waals surface area contributed by atoms with Crippen molar-refractivity contribution in [2.24, 2.45) is 0 Å². The summed E-state index contributed by atoms with van der Waals surface area (Å²) in [5.74, 6) is 0. The molecule has 0 amide bonds. The summed E-state index contributed by atoms with van der Waals surface area (Å²) in [5.41, 5.74) is 2.55. The molecule has 1 aromatic carbocycles. The van der Waals surface area contributed by atoms with E-state index in [1.54, 1.807) is 0 Å². The lowest BCUT2D eigenvalue weighted by molar-refractivity contribution is 0.238. The van der Waals surface area contributed by atoms with Crippen LogP contribution in [0.5, 0.6) is 0 Å². The number of hydrogen-bond donors (Lipinski definition) is 2. The van der Waals surface area contributed by atoms with Gasteiger partial charge in [-0.1, -0.05) is 36.8 Å². The van der Waals surface area contributed by atoms with Crippen LogP contribution < -0.4 is 5.32 Å². The number of aliphatic hydroxyl groups excluding tert-OH is 1. The van der Waals surface area contributed by atoms with E-state index >= 15 is 0 Å². The lowest BCUT2D eigenvalue weighted by Crippen LogP contribution is -2.31. The SMILES string of the molecule is CC[C@@H](CO)NCc1ccc(C)cc1. The second kappa shape index (κ2) is 5.78. The number of rotatable bonds is 5. The van der Waals surface area contributed by atoms with Crippen LogP contribution in [0.1, 0.15) is 24.5 Å². The molecule has 0 bridgehead atoms. The Balaban J connectivity index is 2.41. The van der Waals surface area contributed by atoms with Gasteiger partial charge in [-0.3, -0.25) is 0 Å². The highest BCUT2D eigenvalue weighted by Gasteiger charge is 2.02. The maximum absolute atomic E-state index is 8.99. The topological polar surface area (TPSA) is 32.3 Å². The van der Waals surface area contributed by atoms with Gasteiger partial charge in [0.1, 0.15) is 0 Å². The fraction of sp³-hybridized carbons (Fsp3) is 0.500. The quantitative estimate of drug-likeness (QED) is 0.748. The highest BCUT2D eigenvalue weighted by atomic mass is 16.3. The standard InChI is InChI=1S/C12H19NO/c1-3-12(9-14)13-8-11-6-4-10(2)5-7-11/h4-7,12-14H,3,8-9H2,1-2H3/t12-/m0/s1. The second-order valence-corrected chi connectivity index (χ2v) is 3.65. The molecule has 0 saturated heterocycles. The van der Waals surface area contributed by atoms with Gasteiger partial charge in [0.2, 0.25) is 0 Å². The maximum Gasteiger partial charge on any atom is 0.0584 e. The van der Waals surface area contributed by atoms with Crippen LogP contribution in [-0.2, 0) is 6.54 Å². The van der Waals surface area contributed by atoms with Gasteiger partial charge in [-0.25, -0.2) is 0 Å². The number of aryl methyl sites for hydroxylation is 1. The molecule has 2 N–H and O–H groups in total. The average Bonchev–Trinajstić information content (AvgIpc) is 2.22. The normalized spacial score (nSPS) is 12.8. The largest absolute Gasteiger partial charge is 0.395 e. The average molecular weight is 193 g/mol. The van der Waals surface area contributed by atoms with Crippen molar-refractivity contribution >= 4 is 0 Å². The van der Waals surface area contributed by atoms with Gasteiger partial charge < -0.3 is 10.4 Å². The Labute approximate surface area is 86.0 Å². The zero-order valence-corrected chi connectivity index (χ0v) is 8.96. The Morgan fingerprint density at radius 3 is 2.43 bits per heavy atom. The Kier molecular flexibility index (Phi) is 4.63. The Morgan fingerprint density at radius 1 is 1.29 bits per heavy atom. The van der Waals surface area contributed by atoms with Crippen molar-refractivity contribution in [3.63, 3.8) is 0 Å². The molecule has 14 heavy (non-hydrogen) atoms. The number of nitrogens with one attached hydrogen (secondary N) is 1. The van der Waals surface area contributed by atoms with E-state index in [1.165, 1.54) is 11.1 Å². The van der Waals surface area contributed by atoms with Gasteiger partial charge in [0.05, 0.1) is 6.61 Å². The molecule has 1 atom stereocenters. The summed E-state index contributed by atoms with van der Waals surface area (Å²) in [7, 11) is 0. The summed E-state index contributed by atoms with van der Waals surface area (Å²) >= 11 is 0. The molecule has 0 aliphatic heterocycles. The monoisotopic (exact) mass is 193 g/mol. The molecular weight excluding hydrogens is 174 g/mol. The first kappa shape index (κ1) is 11.2. The summed E-state index contributed by atoms with van der Waals surface area (Å²) in [5, 5.41) is 12.3. The lowest BCUT2D eigenvalue weighted by atomic mass is 10.1. The van der Waals surface area contributed by atoms with Crippen molar-refractivity contribution in [1.29, 1.82) is 0 Å². The van der Waals surface area contributed by atoms with Gasteiger partial charge in [0.25, 0.3) is 0 Å². The van der Waals surface area contributed by atoms with E-state index in [2.05, 4.69) is 43.4 Å². The zero-order valence-electron chi connectivity index (χ0n) is 8.96. The van der Waals surface area contributed by atoms with E-state index in [0.717, 1.165) is 13.0 Å². The first-order valence-electron chi connectivity index (χ1n) is 5.16. The Morgan fingerprint density at radius 2 is 1.93 bits per heavy atom. The van der Waals surface area contributed by atoms with Crippen LogP contribution in [-0.4, -0.2) is 17.8 Å². The van der Waals surface area contributed by atoms with E-state index in [4.69, 9.17) is 5.11 Å². The molecule has 0 unspecified atom stereocenters. The minimum atomic E-state index is 0.211. The van der Waals surface area contributed by atoms with Crippen molar-refractivity contribution < 1.29 is 5.11 Å². The summed E-state index contributed by atoms with van der Waals surface area (Å²) in [6.07, 6.45) is 0.961. The Hall–Kier alpha value is -0.860. The molecular formula is C12H19NO. The third-order valence-corrected chi connectivity index (χ3v) is 2.43. The van der Waals surface area contributed by atoms with Crippen molar-refractivity contribution in [2.45, 2.75) is 32.9 Å². The van der Waals surface area contributed by atoms with Crippen LogP contribution in [0.15, 0.2) is 24.3 Å². The van der Waals surface area contributed by atoms with Crippen LogP contribution in [0.2, 0.25) is 0 Å². The first-order valence-corrected chi connectivity index (χ1v) is 5.16. The van der Waals surface area contributed by atoms with Crippen LogP contribution >= 0.6 is 0 Å². The minimum Gasteiger partial charge on any atom is -0.395 e. The summed E-state index contributed by atoms with van der Waals surface area (Å²) in [4.78, 5) is 0. The maximum atomic E-state index is 8.99. The van der Waals surface area contributed by atoms with Gasteiger partial charge in [-0.15, -0.1) is 0 Å². The highest BCUT2D eigenvalue weighted by molar-refractivity contribution is 5.21. The van der Waals surface area contributed by atoms with Crippen LogP contribution in [0.3, 0.4) is 0 Å². The van der Waals surface area contributed by atoms with Gasteiger partial charge in [0, 0.05) is 12.6 Å². The lowest BCUT2D eigenvalue weighted by Gasteiger charge is -2.13. The molecule has 78 valence electrons. The molecule has 0 heterocycles. The molecule has 1 rings (SSSR count). The predicted octanol–water partition coefficient (Wildman–Crippen LogP) is 1.86. The fourth-order valence-electron chi connectivity index (χ4n) is 1.31. The van der Waals surface area contributed by atoms with Crippen molar-refractivity contribution in [3.8, 4) is 0 Å². The zero-order chi connectivity index (χ0) is 10.4. The van der Waals surface area contributed by atoms with E-state index in [0.29, 0.717) is 0 Å². The van der Waals surface area contributed by atoms with Crippen LogP contribution in [0.4, 0.5) is 0 Å². The molecule has 0 fully saturated rings. The van der Waals surface area contributed by atoms with Crippen LogP contribution in [0.25, 0.3) is 0 Å². The van der Waals surface area contributed by atoms with E-state index in [9.17, 15) is 0 Å². The van der Waals surface area contributed by atoms with E-state index in [1.807, 2.05) is 0 Å². The smallest absolute Gasteiger partial charge is 0.0584 e. The van der Waals surface area contributed by atoms with E-state index in [-0.39, 0.29) is 12.6 Å². The summed E-state index contributed by atoms with van der Waals surface area (Å²) < 4.78 is 0.